The van der Waals surface area contributed by atoms with Crippen molar-refractivity contribution in [2.24, 2.45) is 0 Å². The first-order valence-electron chi connectivity index (χ1n) is 11.9. The van der Waals surface area contributed by atoms with Crippen molar-refractivity contribution in [1.29, 1.82) is 0 Å². The molecule has 0 fully saturated rings. The number of carbonyl (C=O) groups excluding carboxylic acids is 2. The predicted octanol–water partition coefficient (Wildman–Crippen LogP) is 5.40. The Balaban J connectivity index is 1.98. The number of hydrogen-bond donors (Lipinski definition) is 1. The molecule has 4 nitrogen and oxygen atoms in total. The van der Waals surface area contributed by atoms with E-state index in [4.69, 9.17) is 0 Å². The van der Waals surface area contributed by atoms with Crippen molar-refractivity contribution in [3.63, 3.8) is 0 Å². The van der Waals surface area contributed by atoms with E-state index in [1.54, 1.807) is 4.90 Å². The third-order valence-corrected chi connectivity index (χ3v) is 5.68. The van der Waals surface area contributed by atoms with Gasteiger partial charge in [0.25, 0.3) is 0 Å². The maximum atomic E-state index is 13.7. The van der Waals surface area contributed by atoms with Crippen LogP contribution in [0.2, 0.25) is 0 Å². The van der Waals surface area contributed by atoms with E-state index in [1.165, 1.54) is 0 Å². The SMILES string of the molecule is Cc1ccc(CC(=O)N(Cc2cccc(C)c2)C(Cc2ccccc2)C(=O)NC(C)(C)C)cc1. The molecule has 178 valence electrons. The first-order chi connectivity index (χ1) is 16.1. The van der Waals surface area contributed by atoms with Crippen LogP contribution in [-0.2, 0) is 29.0 Å². The van der Waals surface area contributed by atoms with Crippen LogP contribution in [0.25, 0.3) is 0 Å². The smallest absolute Gasteiger partial charge is 0.243 e. The van der Waals surface area contributed by atoms with E-state index in [0.29, 0.717) is 13.0 Å². The molecule has 3 aromatic carbocycles. The standard InChI is InChI=1S/C30H36N2O2/c1-22-14-16-25(17-15-22)20-28(33)32(21-26-13-9-10-23(2)18-26)27(29(34)31-30(3,4)5)19-24-11-7-6-8-12-24/h6-18,27H,19-21H2,1-5H3,(H,31,34). The zero-order valence-corrected chi connectivity index (χ0v) is 21.0. The lowest BCUT2D eigenvalue weighted by atomic mass is 9.99. The number of aryl methyl sites for hydroxylation is 2. The van der Waals surface area contributed by atoms with Crippen LogP contribution in [0.15, 0.2) is 78.9 Å². The normalized spacial score (nSPS) is 12.1. The van der Waals surface area contributed by atoms with Gasteiger partial charge in [-0.2, -0.15) is 0 Å². The van der Waals surface area contributed by atoms with Crippen molar-refractivity contribution in [1.82, 2.24) is 10.2 Å². The first kappa shape index (κ1) is 25.2. The van der Waals surface area contributed by atoms with Gasteiger partial charge < -0.3 is 10.2 Å². The van der Waals surface area contributed by atoms with Gasteiger partial charge in [0, 0.05) is 18.5 Å². The number of rotatable bonds is 8. The number of nitrogens with one attached hydrogen (secondary N) is 1. The van der Waals surface area contributed by atoms with E-state index in [-0.39, 0.29) is 18.2 Å². The average Bonchev–Trinajstić information content (AvgIpc) is 2.77. The molecule has 0 aliphatic rings. The van der Waals surface area contributed by atoms with Crippen molar-refractivity contribution in [3.8, 4) is 0 Å². The van der Waals surface area contributed by atoms with Crippen LogP contribution in [0.1, 0.15) is 48.6 Å². The highest BCUT2D eigenvalue weighted by molar-refractivity contribution is 5.89. The van der Waals surface area contributed by atoms with Crippen molar-refractivity contribution in [3.05, 3.63) is 107 Å². The molecule has 1 N–H and O–H groups in total. The lowest BCUT2D eigenvalue weighted by Crippen LogP contribution is -2.54. The maximum Gasteiger partial charge on any atom is 0.243 e. The summed E-state index contributed by atoms with van der Waals surface area (Å²) in [5.41, 5.74) is 4.86. The number of hydrogen-bond acceptors (Lipinski definition) is 2. The molecule has 0 spiro atoms. The molecule has 34 heavy (non-hydrogen) atoms. The van der Waals surface area contributed by atoms with Crippen LogP contribution in [0.3, 0.4) is 0 Å². The molecule has 0 saturated carbocycles. The summed E-state index contributed by atoms with van der Waals surface area (Å²) in [6, 6.07) is 25.4. The van der Waals surface area contributed by atoms with E-state index in [9.17, 15) is 9.59 Å². The number of nitrogens with zero attached hydrogens (tertiary/aromatic N) is 1. The minimum atomic E-state index is -0.625. The van der Waals surface area contributed by atoms with Gasteiger partial charge >= 0.3 is 0 Å². The number of carbonyl (C=O) groups is 2. The van der Waals surface area contributed by atoms with E-state index in [0.717, 1.165) is 27.8 Å². The van der Waals surface area contributed by atoms with Crippen LogP contribution in [-0.4, -0.2) is 28.3 Å². The molecule has 3 rings (SSSR count). The Bertz CT molecular complexity index is 1100. The summed E-state index contributed by atoms with van der Waals surface area (Å²) in [7, 11) is 0. The van der Waals surface area contributed by atoms with E-state index in [2.05, 4.69) is 11.4 Å². The lowest BCUT2D eigenvalue weighted by molar-refractivity contribution is -0.141. The molecule has 1 atom stereocenters. The Morgan fingerprint density at radius 1 is 0.794 bits per heavy atom. The fourth-order valence-corrected chi connectivity index (χ4v) is 4.00. The first-order valence-corrected chi connectivity index (χ1v) is 11.9. The van der Waals surface area contributed by atoms with E-state index in [1.807, 2.05) is 107 Å². The van der Waals surface area contributed by atoms with Crippen molar-refractivity contribution in [2.75, 3.05) is 0 Å². The lowest BCUT2D eigenvalue weighted by Gasteiger charge is -2.34. The average molecular weight is 457 g/mol. The Morgan fingerprint density at radius 2 is 1.44 bits per heavy atom. The summed E-state index contributed by atoms with van der Waals surface area (Å²) in [6.07, 6.45) is 0.703. The molecule has 2 amide bonds. The highest BCUT2D eigenvalue weighted by Gasteiger charge is 2.32. The summed E-state index contributed by atoms with van der Waals surface area (Å²) in [6.45, 7) is 10.3. The Labute approximate surface area is 204 Å². The van der Waals surface area contributed by atoms with Gasteiger partial charge in [-0.15, -0.1) is 0 Å². The summed E-state index contributed by atoms with van der Waals surface area (Å²) in [5.74, 6) is -0.198. The Morgan fingerprint density at radius 3 is 2.06 bits per heavy atom. The van der Waals surface area contributed by atoms with Crippen molar-refractivity contribution < 1.29 is 9.59 Å². The van der Waals surface area contributed by atoms with Gasteiger partial charge in [0.05, 0.1) is 6.42 Å². The van der Waals surface area contributed by atoms with Gasteiger partial charge in [-0.25, -0.2) is 0 Å². The second-order valence-corrected chi connectivity index (χ2v) is 10.1. The quantitative estimate of drug-likeness (QED) is 0.493. The molecule has 1 unspecified atom stereocenters. The summed E-state index contributed by atoms with van der Waals surface area (Å²) < 4.78 is 0. The molecule has 0 bridgehead atoms. The molecule has 0 aromatic heterocycles. The largest absolute Gasteiger partial charge is 0.350 e. The van der Waals surface area contributed by atoms with Crippen molar-refractivity contribution in [2.45, 2.75) is 65.6 Å². The third kappa shape index (κ3) is 7.58. The van der Waals surface area contributed by atoms with Gasteiger partial charge in [-0.1, -0.05) is 90.0 Å². The summed E-state index contributed by atoms with van der Waals surface area (Å²) >= 11 is 0. The molecule has 0 aliphatic heterocycles. The third-order valence-electron chi connectivity index (χ3n) is 5.68. The maximum absolute atomic E-state index is 13.7. The molecule has 0 saturated heterocycles. The molecular formula is C30H36N2O2. The van der Waals surface area contributed by atoms with E-state index >= 15 is 0 Å². The topological polar surface area (TPSA) is 49.4 Å². The summed E-state index contributed by atoms with van der Waals surface area (Å²) in [5, 5.41) is 3.11. The zero-order chi connectivity index (χ0) is 24.7. The van der Waals surface area contributed by atoms with Crippen LogP contribution >= 0.6 is 0 Å². The minimum Gasteiger partial charge on any atom is -0.350 e. The van der Waals surface area contributed by atoms with Crippen LogP contribution in [0, 0.1) is 13.8 Å². The van der Waals surface area contributed by atoms with Gasteiger partial charge in [-0.3, -0.25) is 9.59 Å². The molecule has 3 aromatic rings. The number of amides is 2. The fraction of sp³-hybridized carbons (Fsp3) is 0.333. The Hall–Kier alpha value is -3.40. The molecule has 4 heteroatoms. The second-order valence-electron chi connectivity index (χ2n) is 10.1. The van der Waals surface area contributed by atoms with Gasteiger partial charge in [0.2, 0.25) is 11.8 Å². The number of benzene rings is 3. The van der Waals surface area contributed by atoms with Crippen LogP contribution in [0.4, 0.5) is 0 Å². The van der Waals surface area contributed by atoms with Crippen molar-refractivity contribution >= 4 is 11.8 Å². The summed E-state index contributed by atoms with van der Waals surface area (Å²) in [4.78, 5) is 29.0. The van der Waals surface area contributed by atoms with Gasteiger partial charge in [-0.05, 0) is 51.3 Å². The van der Waals surface area contributed by atoms with Crippen LogP contribution < -0.4 is 5.32 Å². The Kier molecular flexibility index (Phi) is 8.27. The monoisotopic (exact) mass is 456 g/mol. The van der Waals surface area contributed by atoms with Gasteiger partial charge in [0.1, 0.15) is 6.04 Å². The zero-order valence-electron chi connectivity index (χ0n) is 21.0. The van der Waals surface area contributed by atoms with Crippen LogP contribution in [0.5, 0.6) is 0 Å². The molecular weight excluding hydrogens is 420 g/mol. The highest BCUT2D eigenvalue weighted by Crippen LogP contribution is 2.18. The molecule has 0 radical (unpaired) electrons. The fourth-order valence-electron chi connectivity index (χ4n) is 4.00. The van der Waals surface area contributed by atoms with Gasteiger partial charge in [0.15, 0.2) is 0 Å². The highest BCUT2D eigenvalue weighted by atomic mass is 16.2. The minimum absolute atomic E-state index is 0.0599. The molecule has 0 heterocycles. The predicted molar refractivity (Wildman–Crippen MR) is 138 cm³/mol. The molecule has 0 aliphatic carbocycles. The van der Waals surface area contributed by atoms with E-state index < -0.39 is 11.6 Å². The second kappa shape index (κ2) is 11.1.